The number of aryl methyl sites for hydroxylation is 2. The molecule has 1 aliphatic carbocycles. The van der Waals surface area contributed by atoms with Gasteiger partial charge in [-0.25, -0.2) is 4.98 Å². The second-order valence-electron chi connectivity index (χ2n) is 7.37. The van der Waals surface area contributed by atoms with Crippen LogP contribution in [0.15, 0.2) is 41.2 Å². The van der Waals surface area contributed by atoms with Crippen molar-refractivity contribution in [3.63, 3.8) is 0 Å². The zero-order valence-corrected chi connectivity index (χ0v) is 16.7. The van der Waals surface area contributed by atoms with Crippen molar-refractivity contribution in [2.75, 3.05) is 7.11 Å². The molecule has 0 unspecified atom stereocenters. The molecule has 0 saturated carbocycles. The van der Waals surface area contributed by atoms with Crippen LogP contribution in [-0.4, -0.2) is 17.1 Å². The highest BCUT2D eigenvalue weighted by Crippen LogP contribution is 2.36. The van der Waals surface area contributed by atoms with E-state index in [4.69, 9.17) is 9.72 Å². The van der Waals surface area contributed by atoms with E-state index in [0.29, 0.717) is 5.82 Å². The largest absolute Gasteiger partial charge is 0.496 e. The number of nitrogens with zero attached hydrogens (tertiary/aromatic N) is 1. The van der Waals surface area contributed by atoms with Gasteiger partial charge in [-0.1, -0.05) is 37.1 Å². The molecule has 142 valence electrons. The first-order chi connectivity index (χ1) is 13.8. The van der Waals surface area contributed by atoms with Crippen molar-refractivity contribution in [1.82, 2.24) is 9.97 Å². The van der Waals surface area contributed by atoms with Gasteiger partial charge in [0.2, 0.25) is 0 Å². The van der Waals surface area contributed by atoms with Gasteiger partial charge in [-0.2, -0.15) is 0 Å². The summed E-state index contributed by atoms with van der Waals surface area (Å²) in [5, 5.41) is 2.85. The molecular weight excluding hydrogens is 368 g/mol. The molecule has 0 amide bonds. The third-order valence-electron chi connectivity index (χ3n) is 5.68. The van der Waals surface area contributed by atoms with Crippen LogP contribution in [0.4, 0.5) is 0 Å². The monoisotopic (exact) mass is 390 g/mol. The highest BCUT2D eigenvalue weighted by molar-refractivity contribution is 7.18. The van der Waals surface area contributed by atoms with E-state index in [1.807, 2.05) is 36.4 Å². The first kappa shape index (κ1) is 17.4. The molecule has 4 aromatic rings. The van der Waals surface area contributed by atoms with E-state index in [9.17, 15) is 4.79 Å². The average Bonchev–Trinajstić information content (AvgIpc) is 3.04. The molecule has 0 atom stereocenters. The number of nitrogens with one attached hydrogen (secondary N) is 1. The van der Waals surface area contributed by atoms with Crippen molar-refractivity contribution >= 4 is 32.3 Å². The molecule has 0 fully saturated rings. The maximum absolute atomic E-state index is 13.0. The number of thiophene rings is 1. The quantitative estimate of drug-likeness (QED) is 0.494. The SMILES string of the molecule is COc1ccc(-c2nc3sc4c(c3c(=O)[nH]2)CCCCCC4)c2ccccc12. The van der Waals surface area contributed by atoms with Crippen molar-refractivity contribution in [2.24, 2.45) is 0 Å². The predicted octanol–water partition coefficient (Wildman–Crippen LogP) is 5.47. The Bertz CT molecular complexity index is 1240. The van der Waals surface area contributed by atoms with E-state index >= 15 is 0 Å². The molecule has 0 radical (unpaired) electrons. The summed E-state index contributed by atoms with van der Waals surface area (Å²) in [5.41, 5.74) is 2.15. The molecule has 2 aromatic carbocycles. The minimum absolute atomic E-state index is 0.0158. The molecule has 0 saturated heterocycles. The molecule has 0 aliphatic heterocycles. The van der Waals surface area contributed by atoms with Gasteiger partial charge in [-0.15, -0.1) is 11.3 Å². The van der Waals surface area contributed by atoms with Crippen molar-refractivity contribution in [3.8, 4) is 17.1 Å². The van der Waals surface area contributed by atoms with Crippen LogP contribution in [0.2, 0.25) is 0 Å². The van der Waals surface area contributed by atoms with Crippen molar-refractivity contribution in [1.29, 1.82) is 0 Å². The van der Waals surface area contributed by atoms with Crippen molar-refractivity contribution in [2.45, 2.75) is 38.5 Å². The summed E-state index contributed by atoms with van der Waals surface area (Å²) in [7, 11) is 1.68. The first-order valence-corrected chi connectivity index (χ1v) is 10.7. The summed E-state index contributed by atoms with van der Waals surface area (Å²) in [4.78, 5) is 23.2. The zero-order chi connectivity index (χ0) is 19.1. The van der Waals surface area contributed by atoms with Gasteiger partial charge in [0.25, 0.3) is 5.56 Å². The summed E-state index contributed by atoms with van der Waals surface area (Å²) in [6, 6.07) is 12.0. The van der Waals surface area contributed by atoms with Crippen LogP contribution in [0.5, 0.6) is 5.75 Å². The number of H-pyrrole nitrogens is 1. The van der Waals surface area contributed by atoms with E-state index < -0.39 is 0 Å². The van der Waals surface area contributed by atoms with Gasteiger partial charge in [0.1, 0.15) is 16.4 Å². The van der Waals surface area contributed by atoms with Crippen LogP contribution in [0.3, 0.4) is 0 Å². The van der Waals surface area contributed by atoms with E-state index in [1.165, 1.54) is 29.7 Å². The standard InChI is InChI=1S/C23H22N2O2S/c1-27-18-13-12-16(14-8-6-7-9-15(14)18)21-24-22(26)20-17-10-4-2-3-5-11-19(17)28-23(20)25-21/h6-9,12-13H,2-5,10-11H2,1H3,(H,24,25,26). The molecule has 1 aliphatic rings. The van der Waals surface area contributed by atoms with Gasteiger partial charge in [0, 0.05) is 15.8 Å². The maximum atomic E-state index is 13.0. The fraction of sp³-hybridized carbons (Fsp3) is 0.304. The summed E-state index contributed by atoms with van der Waals surface area (Å²) >= 11 is 1.70. The van der Waals surface area contributed by atoms with Crippen molar-refractivity contribution < 1.29 is 4.74 Å². The minimum Gasteiger partial charge on any atom is -0.496 e. The number of hydrogen-bond acceptors (Lipinski definition) is 4. The molecule has 1 N–H and O–H groups in total. The molecule has 5 rings (SSSR count). The Morgan fingerprint density at radius 3 is 2.61 bits per heavy atom. The molecular formula is C23H22N2O2S. The second kappa shape index (κ2) is 7.06. The fourth-order valence-electron chi connectivity index (χ4n) is 4.30. The Morgan fingerprint density at radius 2 is 1.79 bits per heavy atom. The van der Waals surface area contributed by atoms with E-state index in [1.54, 1.807) is 18.4 Å². The number of ether oxygens (including phenoxy) is 1. The second-order valence-corrected chi connectivity index (χ2v) is 8.46. The number of benzene rings is 2. The zero-order valence-electron chi connectivity index (χ0n) is 15.9. The lowest BCUT2D eigenvalue weighted by Crippen LogP contribution is -2.10. The Balaban J connectivity index is 1.73. The number of hydrogen-bond donors (Lipinski definition) is 1. The molecule has 2 heterocycles. The number of methoxy groups -OCH3 is 1. The highest BCUT2D eigenvalue weighted by atomic mass is 32.1. The minimum atomic E-state index is -0.0158. The summed E-state index contributed by atoms with van der Waals surface area (Å²) in [6.45, 7) is 0. The molecule has 4 nitrogen and oxygen atoms in total. The lowest BCUT2D eigenvalue weighted by molar-refractivity contribution is 0.420. The maximum Gasteiger partial charge on any atom is 0.260 e. The molecule has 2 aromatic heterocycles. The first-order valence-electron chi connectivity index (χ1n) is 9.87. The highest BCUT2D eigenvalue weighted by Gasteiger charge is 2.19. The molecule has 5 heteroatoms. The van der Waals surface area contributed by atoms with Gasteiger partial charge in [-0.3, -0.25) is 4.79 Å². The average molecular weight is 391 g/mol. The summed E-state index contributed by atoms with van der Waals surface area (Å²) < 4.78 is 5.50. The van der Waals surface area contributed by atoms with Gasteiger partial charge in [0.15, 0.2) is 0 Å². The van der Waals surface area contributed by atoms with Crippen LogP contribution >= 0.6 is 11.3 Å². The van der Waals surface area contributed by atoms with Crippen LogP contribution in [-0.2, 0) is 12.8 Å². The Labute approximate surface area is 167 Å². The van der Waals surface area contributed by atoms with E-state index in [-0.39, 0.29) is 5.56 Å². The lowest BCUT2D eigenvalue weighted by atomic mass is 9.98. The third-order valence-corrected chi connectivity index (χ3v) is 6.87. The van der Waals surface area contributed by atoms with Crippen LogP contribution in [0, 0.1) is 0 Å². The van der Waals surface area contributed by atoms with Gasteiger partial charge >= 0.3 is 0 Å². The van der Waals surface area contributed by atoms with Crippen LogP contribution < -0.4 is 10.3 Å². The summed E-state index contributed by atoms with van der Waals surface area (Å²) in [6.07, 6.45) is 6.94. The molecule has 0 spiro atoms. The Hall–Kier alpha value is -2.66. The smallest absolute Gasteiger partial charge is 0.260 e. The van der Waals surface area contributed by atoms with E-state index in [2.05, 4.69) is 4.98 Å². The Morgan fingerprint density at radius 1 is 1.00 bits per heavy atom. The van der Waals surface area contributed by atoms with Crippen LogP contribution in [0.1, 0.15) is 36.1 Å². The fourth-order valence-corrected chi connectivity index (χ4v) is 5.56. The number of aromatic nitrogens is 2. The normalized spacial score (nSPS) is 14.6. The third kappa shape index (κ3) is 2.81. The lowest BCUT2D eigenvalue weighted by Gasteiger charge is -2.10. The van der Waals surface area contributed by atoms with Gasteiger partial charge in [0.05, 0.1) is 12.5 Å². The van der Waals surface area contributed by atoms with Gasteiger partial charge < -0.3 is 9.72 Å². The van der Waals surface area contributed by atoms with Crippen molar-refractivity contribution in [3.05, 3.63) is 57.2 Å². The predicted molar refractivity (Wildman–Crippen MR) is 116 cm³/mol. The Kier molecular flexibility index (Phi) is 4.40. The number of aromatic amines is 1. The van der Waals surface area contributed by atoms with E-state index in [0.717, 1.165) is 51.6 Å². The topological polar surface area (TPSA) is 55.0 Å². The number of rotatable bonds is 2. The summed E-state index contributed by atoms with van der Waals surface area (Å²) in [5.74, 6) is 1.45. The molecule has 28 heavy (non-hydrogen) atoms. The van der Waals surface area contributed by atoms with Crippen LogP contribution in [0.25, 0.3) is 32.4 Å². The van der Waals surface area contributed by atoms with Gasteiger partial charge in [-0.05, 0) is 48.8 Å². The number of fused-ring (bicyclic) bond motifs is 4. The molecule has 0 bridgehead atoms.